The van der Waals surface area contributed by atoms with E-state index in [0.29, 0.717) is 0 Å². The maximum Gasteiger partial charge on any atom is 0.332 e. The third-order valence-corrected chi connectivity index (χ3v) is 2.07. The van der Waals surface area contributed by atoms with Gasteiger partial charge < -0.3 is 10.4 Å². The van der Waals surface area contributed by atoms with Crippen LogP contribution in [0.3, 0.4) is 0 Å². The molecular formula is C9H13ClN4O3. The molecule has 0 bridgehead atoms. The predicted octanol–water partition coefficient (Wildman–Crippen LogP) is 1.53. The molecule has 0 aliphatic carbocycles. The zero-order chi connectivity index (χ0) is 13.2. The largest absolute Gasteiger partial charge is 0.389 e. The van der Waals surface area contributed by atoms with Crippen LogP contribution in [0.1, 0.15) is 19.5 Å². The van der Waals surface area contributed by atoms with Crippen LogP contribution >= 0.6 is 11.6 Å². The molecule has 0 fully saturated rings. The molecule has 1 aromatic heterocycles. The van der Waals surface area contributed by atoms with E-state index in [4.69, 9.17) is 11.6 Å². The molecule has 0 aromatic carbocycles. The molecule has 0 radical (unpaired) electrons. The Morgan fingerprint density at radius 2 is 2.12 bits per heavy atom. The monoisotopic (exact) mass is 260 g/mol. The highest BCUT2D eigenvalue weighted by atomic mass is 35.5. The van der Waals surface area contributed by atoms with E-state index >= 15 is 0 Å². The van der Waals surface area contributed by atoms with Crippen LogP contribution in [0.5, 0.6) is 0 Å². The zero-order valence-corrected chi connectivity index (χ0v) is 10.4. The Balaban J connectivity index is 3.09. The molecule has 17 heavy (non-hydrogen) atoms. The minimum atomic E-state index is -1.01. The van der Waals surface area contributed by atoms with Crippen molar-refractivity contribution in [3.8, 4) is 0 Å². The summed E-state index contributed by atoms with van der Waals surface area (Å²) < 4.78 is 0. The van der Waals surface area contributed by atoms with Crippen molar-refractivity contribution in [3.63, 3.8) is 0 Å². The minimum absolute atomic E-state index is 0.00891. The first kappa shape index (κ1) is 13.6. The van der Waals surface area contributed by atoms with Gasteiger partial charge in [0.25, 0.3) is 0 Å². The van der Waals surface area contributed by atoms with Crippen molar-refractivity contribution < 1.29 is 10.0 Å². The molecule has 1 rings (SSSR count). The highest BCUT2D eigenvalue weighted by Crippen LogP contribution is 2.26. The van der Waals surface area contributed by atoms with Crippen molar-refractivity contribution in [2.45, 2.75) is 26.4 Å². The first-order chi connectivity index (χ1) is 7.70. The fourth-order valence-corrected chi connectivity index (χ4v) is 1.39. The Hall–Kier alpha value is -1.47. The molecule has 0 aliphatic rings. The Bertz CT molecular complexity index is 445. The summed E-state index contributed by atoms with van der Waals surface area (Å²) in [6.07, 6.45) is 0. The van der Waals surface area contributed by atoms with Gasteiger partial charge in [0.15, 0.2) is 0 Å². The summed E-state index contributed by atoms with van der Waals surface area (Å²) in [5.74, 6) is 0.00891. The average Bonchev–Trinajstić information content (AvgIpc) is 2.11. The van der Waals surface area contributed by atoms with Gasteiger partial charge in [0.2, 0.25) is 11.1 Å². The summed E-state index contributed by atoms with van der Waals surface area (Å²) in [6.45, 7) is 4.73. The number of aryl methyl sites for hydroxylation is 1. The van der Waals surface area contributed by atoms with Crippen LogP contribution in [0.4, 0.5) is 11.5 Å². The van der Waals surface area contributed by atoms with E-state index in [2.05, 4.69) is 15.3 Å². The predicted molar refractivity (Wildman–Crippen MR) is 63.2 cm³/mol. The zero-order valence-electron chi connectivity index (χ0n) is 9.69. The standard InChI is InChI=1S/C9H13ClN4O3/c1-5-6(14(16)17)7(13-8(10)12-5)11-4-9(2,3)15/h15H,4H2,1-3H3,(H,11,12,13). The molecule has 0 aliphatic heterocycles. The minimum Gasteiger partial charge on any atom is -0.389 e. The molecular weight excluding hydrogens is 248 g/mol. The van der Waals surface area contributed by atoms with Gasteiger partial charge in [0.05, 0.1) is 10.5 Å². The van der Waals surface area contributed by atoms with E-state index in [1.165, 1.54) is 6.92 Å². The Morgan fingerprint density at radius 1 is 1.53 bits per heavy atom. The van der Waals surface area contributed by atoms with Crippen LogP contribution in [0.15, 0.2) is 0 Å². The smallest absolute Gasteiger partial charge is 0.332 e. The van der Waals surface area contributed by atoms with Crippen LogP contribution in [-0.2, 0) is 0 Å². The van der Waals surface area contributed by atoms with Crippen molar-refractivity contribution in [2.24, 2.45) is 0 Å². The lowest BCUT2D eigenvalue weighted by Crippen LogP contribution is -2.30. The normalized spacial score (nSPS) is 11.4. The second-order valence-corrected chi connectivity index (χ2v) is 4.54. The molecule has 0 atom stereocenters. The number of nitro groups is 1. The summed E-state index contributed by atoms with van der Waals surface area (Å²) in [7, 11) is 0. The topological polar surface area (TPSA) is 101 Å². The van der Waals surface area contributed by atoms with Crippen molar-refractivity contribution in [1.29, 1.82) is 0 Å². The van der Waals surface area contributed by atoms with Gasteiger partial charge in [-0.3, -0.25) is 10.1 Å². The number of hydrogen-bond acceptors (Lipinski definition) is 6. The van der Waals surface area contributed by atoms with E-state index in [-0.39, 0.29) is 29.0 Å². The van der Waals surface area contributed by atoms with Crippen LogP contribution in [0.2, 0.25) is 5.28 Å². The van der Waals surface area contributed by atoms with Gasteiger partial charge in [-0.25, -0.2) is 4.98 Å². The highest BCUT2D eigenvalue weighted by Gasteiger charge is 2.23. The third kappa shape index (κ3) is 3.79. The van der Waals surface area contributed by atoms with E-state index in [1.807, 2.05) is 0 Å². The van der Waals surface area contributed by atoms with Crippen LogP contribution in [0, 0.1) is 17.0 Å². The number of anilines is 1. The number of halogens is 1. The fraction of sp³-hybridized carbons (Fsp3) is 0.556. The van der Waals surface area contributed by atoms with Gasteiger partial charge in [-0.15, -0.1) is 0 Å². The first-order valence-electron chi connectivity index (χ1n) is 4.85. The maximum atomic E-state index is 10.9. The summed E-state index contributed by atoms with van der Waals surface area (Å²) in [5, 5.41) is 23.0. The van der Waals surface area contributed by atoms with Crippen molar-refractivity contribution >= 4 is 23.1 Å². The van der Waals surface area contributed by atoms with Gasteiger partial charge in [-0.2, -0.15) is 4.98 Å². The molecule has 0 saturated carbocycles. The Labute approximate surface area is 103 Å². The molecule has 0 unspecified atom stereocenters. The van der Waals surface area contributed by atoms with Gasteiger partial charge in [0, 0.05) is 6.54 Å². The number of nitrogens with one attached hydrogen (secondary N) is 1. The molecule has 1 heterocycles. The fourth-order valence-electron chi connectivity index (χ4n) is 1.17. The molecule has 2 N–H and O–H groups in total. The average molecular weight is 261 g/mol. The lowest BCUT2D eigenvalue weighted by molar-refractivity contribution is -0.385. The molecule has 0 spiro atoms. The number of aliphatic hydroxyl groups is 1. The first-order valence-corrected chi connectivity index (χ1v) is 5.23. The Morgan fingerprint density at radius 3 is 2.59 bits per heavy atom. The van der Waals surface area contributed by atoms with Gasteiger partial charge in [-0.05, 0) is 32.4 Å². The van der Waals surface area contributed by atoms with Crippen molar-refractivity contribution in [2.75, 3.05) is 11.9 Å². The third-order valence-electron chi connectivity index (χ3n) is 1.90. The summed E-state index contributed by atoms with van der Waals surface area (Å²) in [4.78, 5) is 17.7. The Kier molecular flexibility index (Phi) is 3.84. The number of nitrogens with zero attached hydrogens (tertiary/aromatic N) is 3. The van der Waals surface area contributed by atoms with Gasteiger partial charge in [-0.1, -0.05) is 0 Å². The van der Waals surface area contributed by atoms with Gasteiger partial charge >= 0.3 is 5.69 Å². The second kappa shape index (κ2) is 4.80. The molecule has 8 heteroatoms. The molecule has 0 saturated heterocycles. The summed E-state index contributed by atoms with van der Waals surface area (Å²) in [5.41, 5.74) is -1.08. The van der Waals surface area contributed by atoms with E-state index in [1.54, 1.807) is 13.8 Å². The number of aromatic nitrogens is 2. The maximum absolute atomic E-state index is 10.9. The lowest BCUT2D eigenvalue weighted by atomic mass is 10.1. The highest BCUT2D eigenvalue weighted by molar-refractivity contribution is 6.28. The van der Waals surface area contributed by atoms with Crippen LogP contribution < -0.4 is 5.32 Å². The molecule has 7 nitrogen and oxygen atoms in total. The number of hydrogen-bond donors (Lipinski definition) is 2. The van der Waals surface area contributed by atoms with Crippen LogP contribution in [0.25, 0.3) is 0 Å². The van der Waals surface area contributed by atoms with E-state index in [9.17, 15) is 15.2 Å². The second-order valence-electron chi connectivity index (χ2n) is 4.20. The molecule has 1 aromatic rings. The van der Waals surface area contributed by atoms with E-state index < -0.39 is 10.5 Å². The summed E-state index contributed by atoms with van der Waals surface area (Å²) in [6, 6.07) is 0. The molecule has 94 valence electrons. The quantitative estimate of drug-likeness (QED) is 0.484. The number of rotatable bonds is 4. The van der Waals surface area contributed by atoms with Crippen molar-refractivity contribution in [1.82, 2.24) is 9.97 Å². The SMILES string of the molecule is Cc1nc(Cl)nc(NCC(C)(C)O)c1[N+](=O)[O-]. The van der Waals surface area contributed by atoms with Gasteiger partial charge in [0.1, 0.15) is 5.69 Å². The van der Waals surface area contributed by atoms with Crippen molar-refractivity contribution in [3.05, 3.63) is 21.1 Å². The summed E-state index contributed by atoms with van der Waals surface area (Å²) >= 11 is 5.63. The van der Waals surface area contributed by atoms with E-state index in [0.717, 1.165) is 0 Å². The lowest BCUT2D eigenvalue weighted by Gasteiger charge is -2.18. The molecule has 0 amide bonds. The van der Waals surface area contributed by atoms with Crippen LogP contribution in [-0.4, -0.2) is 32.1 Å².